The van der Waals surface area contributed by atoms with Gasteiger partial charge in [-0.1, -0.05) is 54.6 Å². The van der Waals surface area contributed by atoms with E-state index in [2.05, 4.69) is 52.7 Å². The molecular formula is C25H22ClN5O. The number of aromatic nitrogens is 4. The van der Waals surface area contributed by atoms with Crippen LogP contribution in [0.4, 0.5) is 0 Å². The van der Waals surface area contributed by atoms with Crippen molar-refractivity contribution in [2.45, 2.75) is 24.8 Å². The Bertz CT molecular complexity index is 1490. The third-order valence-electron chi connectivity index (χ3n) is 6.41. The summed E-state index contributed by atoms with van der Waals surface area (Å²) in [5, 5.41) is 7.60. The predicted octanol–water partition coefficient (Wildman–Crippen LogP) is 4.53. The summed E-state index contributed by atoms with van der Waals surface area (Å²) >= 11 is 0. The van der Waals surface area contributed by atoms with Gasteiger partial charge in [0.2, 0.25) is 0 Å². The lowest BCUT2D eigenvalue weighted by Crippen LogP contribution is -2.37. The highest BCUT2D eigenvalue weighted by atomic mass is 35.5. The van der Waals surface area contributed by atoms with Gasteiger partial charge in [-0.25, -0.2) is 19.3 Å². The largest absolute Gasteiger partial charge is 0.347 e. The number of halogens is 1. The second-order valence-corrected chi connectivity index (χ2v) is 8.16. The van der Waals surface area contributed by atoms with E-state index in [0.717, 1.165) is 46.1 Å². The van der Waals surface area contributed by atoms with Gasteiger partial charge in [-0.15, -0.1) is 12.4 Å². The number of H-pyrrole nitrogens is 1. The van der Waals surface area contributed by atoms with Crippen LogP contribution in [0.5, 0.6) is 0 Å². The van der Waals surface area contributed by atoms with Crippen molar-refractivity contribution < 1.29 is 0 Å². The summed E-state index contributed by atoms with van der Waals surface area (Å²) < 4.78 is 1.51. The number of nitrogens with two attached hydrogens (primary N) is 1. The number of hydrogen-bond donors (Lipinski definition) is 2. The average Bonchev–Trinajstić information content (AvgIpc) is 3.19. The van der Waals surface area contributed by atoms with Crippen molar-refractivity contribution in [3.8, 4) is 22.4 Å². The molecule has 2 atom stereocenters. The lowest BCUT2D eigenvalue weighted by atomic mass is 9.73. The minimum absolute atomic E-state index is 0. The minimum Gasteiger partial charge on any atom is -0.327 e. The number of nitrogens with one attached hydrogen (secondary N) is 1. The van der Waals surface area contributed by atoms with Crippen LogP contribution in [-0.2, 0) is 0 Å². The second kappa shape index (κ2) is 7.89. The highest BCUT2D eigenvalue weighted by molar-refractivity contribution is 5.98. The van der Waals surface area contributed by atoms with Gasteiger partial charge < -0.3 is 5.73 Å². The average molecular weight is 444 g/mol. The van der Waals surface area contributed by atoms with Crippen LogP contribution in [-0.4, -0.2) is 25.6 Å². The molecule has 0 radical (unpaired) electrons. The lowest BCUT2D eigenvalue weighted by Gasteiger charge is -2.35. The van der Waals surface area contributed by atoms with Gasteiger partial charge in [0.25, 0.3) is 0 Å². The van der Waals surface area contributed by atoms with Crippen LogP contribution in [0, 0.1) is 0 Å². The van der Waals surface area contributed by atoms with E-state index in [9.17, 15) is 4.79 Å². The Hall–Kier alpha value is -3.48. The minimum atomic E-state index is -0.258. The van der Waals surface area contributed by atoms with Crippen LogP contribution in [0.15, 0.2) is 77.7 Å². The highest BCUT2D eigenvalue weighted by Crippen LogP contribution is 2.43. The lowest BCUT2D eigenvalue weighted by molar-refractivity contribution is 0.347. The highest BCUT2D eigenvalue weighted by Gasteiger charge is 2.31. The maximum atomic E-state index is 12.1. The smallest absolute Gasteiger partial charge is 0.327 e. The van der Waals surface area contributed by atoms with Gasteiger partial charge >= 0.3 is 5.69 Å². The zero-order chi connectivity index (χ0) is 20.9. The Kier molecular flexibility index (Phi) is 5.04. The van der Waals surface area contributed by atoms with Crippen molar-refractivity contribution in [1.29, 1.82) is 0 Å². The summed E-state index contributed by atoms with van der Waals surface area (Å²) in [6, 6.07) is 22.8. The Morgan fingerprint density at radius 3 is 2.50 bits per heavy atom. The Labute approximate surface area is 190 Å². The van der Waals surface area contributed by atoms with E-state index in [-0.39, 0.29) is 24.1 Å². The number of aromatic amines is 1. The molecule has 3 heterocycles. The molecule has 3 aromatic heterocycles. The van der Waals surface area contributed by atoms with Crippen molar-refractivity contribution in [3.05, 3.63) is 89.0 Å². The molecule has 7 heteroatoms. The first-order chi connectivity index (χ1) is 15.2. The molecule has 6 nitrogen and oxygen atoms in total. The molecule has 2 aromatic carbocycles. The normalized spacial score (nSPS) is 17.8. The standard InChI is InChI=1S/C25H21N5O.ClH/c26-21-11-10-17(21)16-8-4-5-9-18(16)23-19(15-6-2-1-3-7-15)14-20-22(27-23)12-13-30-24(20)28-29-25(30)31;/h1-9,12-14,17,21H,10-11,26H2,(H,29,31);1H. The van der Waals surface area contributed by atoms with Gasteiger partial charge in [0.05, 0.1) is 11.2 Å². The van der Waals surface area contributed by atoms with Crippen LogP contribution in [0.1, 0.15) is 24.3 Å². The third kappa shape index (κ3) is 3.11. The summed E-state index contributed by atoms with van der Waals surface area (Å²) in [6.07, 6.45) is 3.88. The summed E-state index contributed by atoms with van der Waals surface area (Å²) in [4.78, 5) is 17.2. The van der Waals surface area contributed by atoms with Crippen molar-refractivity contribution >= 4 is 29.0 Å². The van der Waals surface area contributed by atoms with E-state index in [4.69, 9.17) is 10.7 Å². The number of hydrogen-bond acceptors (Lipinski definition) is 4. The molecule has 1 aliphatic rings. The molecule has 5 aromatic rings. The summed E-state index contributed by atoms with van der Waals surface area (Å²) in [5.74, 6) is 0.352. The quantitative estimate of drug-likeness (QED) is 0.428. The third-order valence-corrected chi connectivity index (χ3v) is 6.41. The number of rotatable bonds is 3. The van der Waals surface area contributed by atoms with Crippen molar-refractivity contribution in [1.82, 2.24) is 19.6 Å². The topological polar surface area (TPSA) is 89.1 Å². The molecule has 1 saturated carbocycles. The fourth-order valence-corrected chi connectivity index (χ4v) is 4.60. The summed E-state index contributed by atoms with van der Waals surface area (Å²) in [6.45, 7) is 0. The number of benzene rings is 2. The Morgan fingerprint density at radius 1 is 0.969 bits per heavy atom. The zero-order valence-corrected chi connectivity index (χ0v) is 18.0. The van der Waals surface area contributed by atoms with Crippen molar-refractivity contribution in [3.63, 3.8) is 0 Å². The summed E-state index contributed by atoms with van der Waals surface area (Å²) in [7, 11) is 0. The molecule has 0 bridgehead atoms. The molecule has 32 heavy (non-hydrogen) atoms. The van der Waals surface area contributed by atoms with Gasteiger partial charge in [0, 0.05) is 28.8 Å². The van der Waals surface area contributed by atoms with Crippen molar-refractivity contribution in [2.75, 3.05) is 0 Å². The second-order valence-electron chi connectivity index (χ2n) is 8.16. The molecule has 0 amide bonds. The SMILES string of the molecule is Cl.NC1CCC1c1ccccc1-c1nc2ccn3c(=O)[nH]nc3c2cc1-c1ccccc1. The zero-order valence-electron chi connectivity index (χ0n) is 17.2. The molecular weight excluding hydrogens is 422 g/mol. The van der Waals surface area contributed by atoms with E-state index in [0.29, 0.717) is 11.6 Å². The van der Waals surface area contributed by atoms with Crippen LogP contribution < -0.4 is 11.4 Å². The summed E-state index contributed by atoms with van der Waals surface area (Å²) in [5.41, 5.74) is 12.8. The first kappa shape index (κ1) is 20.4. The molecule has 1 fully saturated rings. The van der Waals surface area contributed by atoms with E-state index < -0.39 is 0 Å². The van der Waals surface area contributed by atoms with E-state index >= 15 is 0 Å². The first-order valence-corrected chi connectivity index (χ1v) is 10.5. The Balaban J connectivity index is 0.00000216. The van der Waals surface area contributed by atoms with Gasteiger partial charge in [0.15, 0.2) is 5.65 Å². The van der Waals surface area contributed by atoms with Gasteiger partial charge in [-0.05, 0) is 42.0 Å². The molecule has 1 aliphatic carbocycles. The molecule has 0 saturated heterocycles. The van der Waals surface area contributed by atoms with Crippen molar-refractivity contribution in [2.24, 2.45) is 5.73 Å². The fourth-order valence-electron chi connectivity index (χ4n) is 4.60. The van der Waals surface area contributed by atoms with E-state index in [1.165, 1.54) is 9.96 Å². The maximum Gasteiger partial charge on any atom is 0.347 e. The van der Waals surface area contributed by atoms with Crippen LogP contribution >= 0.6 is 12.4 Å². The fraction of sp³-hybridized carbons (Fsp3) is 0.160. The molecule has 160 valence electrons. The van der Waals surface area contributed by atoms with E-state index in [1.807, 2.05) is 24.3 Å². The van der Waals surface area contributed by atoms with Crippen LogP contribution in [0.3, 0.4) is 0 Å². The number of fused-ring (bicyclic) bond motifs is 3. The molecule has 0 spiro atoms. The maximum absolute atomic E-state index is 12.1. The monoisotopic (exact) mass is 443 g/mol. The van der Waals surface area contributed by atoms with Crippen LogP contribution in [0.2, 0.25) is 0 Å². The number of nitrogens with zero attached hydrogens (tertiary/aromatic N) is 3. The van der Waals surface area contributed by atoms with Gasteiger partial charge in [-0.3, -0.25) is 0 Å². The van der Waals surface area contributed by atoms with E-state index in [1.54, 1.807) is 6.20 Å². The van der Waals surface area contributed by atoms with Crippen LogP contribution in [0.25, 0.3) is 38.9 Å². The molecule has 2 unspecified atom stereocenters. The number of pyridine rings is 2. The van der Waals surface area contributed by atoms with Gasteiger partial charge in [0.1, 0.15) is 0 Å². The Morgan fingerprint density at radius 2 is 1.75 bits per heavy atom. The predicted molar refractivity (Wildman–Crippen MR) is 129 cm³/mol. The molecule has 6 rings (SSSR count). The first-order valence-electron chi connectivity index (χ1n) is 10.5. The molecule has 0 aliphatic heterocycles. The molecule has 3 N–H and O–H groups in total. The van der Waals surface area contributed by atoms with Gasteiger partial charge in [-0.2, -0.15) is 5.10 Å².